The Morgan fingerprint density at radius 2 is 1.84 bits per heavy atom. The number of carboxylic acid groups (broad SMARTS) is 1. The number of piperidine rings is 1. The smallest absolute Gasteiger partial charge is 0.322 e. The van der Waals surface area contributed by atoms with Gasteiger partial charge in [-0.3, -0.25) is 4.79 Å². The first-order valence-corrected chi connectivity index (χ1v) is 8.39. The molecular weight excluding hydrogens is 268 g/mol. The molecule has 0 bridgehead atoms. The van der Waals surface area contributed by atoms with Crippen LogP contribution in [0.15, 0.2) is 0 Å². The Hall–Kier alpha value is -0.660. The molecule has 2 fully saturated rings. The predicted octanol–water partition coefficient (Wildman–Crippen LogP) is 1.04. The average molecular weight is 290 g/mol. The first-order valence-electron chi connectivity index (χ1n) is 7.00. The summed E-state index contributed by atoms with van der Waals surface area (Å²) in [5.74, 6) is -1.03. The Morgan fingerprint density at radius 3 is 2.47 bits per heavy atom. The molecule has 6 nitrogen and oxygen atoms in total. The van der Waals surface area contributed by atoms with Gasteiger partial charge in [0.2, 0.25) is 0 Å². The Morgan fingerprint density at radius 1 is 1.16 bits per heavy atom. The monoisotopic (exact) mass is 290 g/mol. The van der Waals surface area contributed by atoms with Gasteiger partial charge < -0.3 is 5.11 Å². The second kappa shape index (κ2) is 5.76. The fourth-order valence-corrected chi connectivity index (χ4v) is 5.22. The maximum atomic E-state index is 12.7. The molecule has 7 heteroatoms. The molecule has 110 valence electrons. The van der Waals surface area contributed by atoms with Gasteiger partial charge in [0.25, 0.3) is 10.2 Å². The lowest BCUT2D eigenvalue weighted by Gasteiger charge is -2.36. The highest BCUT2D eigenvalue weighted by atomic mass is 32.2. The van der Waals surface area contributed by atoms with Crippen molar-refractivity contribution in [3.05, 3.63) is 0 Å². The molecule has 2 heterocycles. The van der Waals surface area contributed by atoms with E-state index in [9.17, 15) is 18.3 Å². The van der Waals surface area contributed by atoms with Crippen LogP contribution in [0.1, 0.15) is 45.4 Å². The van der Waals surface area contributed by atoms with E-state index in [-0.39, 0.29) is 6.04 Å². The first-order chi connectivity index (χ1) is 8.98. The van der Waals surface area contributed by atoms with Gasteiger partial charge in [-0.05, 0) is 38.5 Å². The van der Waals surface area contributed by atoms with Crippen LogP contribution < -0.4 is 0 Å². The van der Waals surface area contributed by atoms with Crippen LogP contribution in [0.4, 0.5) is 0 Å². The number of aliphatic carboxylic acids is 1. The molecule has 2 saturated heterocycles. The first kappa shape index (κ1) is 14.7. The fourth-order valence-electron chi connectivity index (χ4n) is 3.08. The lowest BCUT2D eigenvalue weighted by atomic mass is 10.1. The van der Waals surface area contributed by atoms with Crippen molar-refractivity contribution in [3.8, 4) is 0 Å². The normalized spacial score (nSPS) is 30.6. The molecule has 0 saturated carbocycles. The predicted molar refractivity (Wildman–Crippen MR) is 70.9 cm³/mol. The quantitative estimate of drug-likeness (QED) is 0.839. The molecule has 0 aliphatic carbocycles. The zero-order valence-electron chi connectivity index (χ0n) is 11.3. The van der Waals surface area contributed by atoms with Gasteiger partial charge in [0, 0.05) is 19.1 Å². The standard InChI is InChI=1S/C12H22N2O4S/c1-2-10-6-5-9-13(10)19(17,18)14-8-4-3-7-11(14)12(15)16/h10-11H,2-9H2,1H3,(H,15,16). The van der Waals surface area contributed by atoms with Crippen molar-refractivity contribution in [2.45, 2.75) is 57.5 Å². The van der Waals surface area contributed by atoms with Crippen LogP contribution in [0, 0.1) is 0 Å². The largest absolute Gasteiger partial charge is 0.480 e. The minimum absolute atomic E-state index is 0.0290. The number of hydrogen-bond acceptors (Lipinski definition) is 3. The van der Waals surface area contributed by atoms with Crippen molar-refractivity contribution in [1.29, 1.82) is 0 Å². The van der Waals surface area contributed by atoms with Crippen molar-refractivity contribution in [2.24, 2.45) is 0 Å². The van der Waals surface area contributed by atoms with Gasteiger partial charge in [0.05, 0.1) is 0 Å². The lowest BCUT2D eigenvalue weighted by Crippen LogP contribution is -2.54. The van der Waals surface area contributed by atoms with E-state index in [1.807, 2.05) is 6.92 Å². The summed E-state index contributed by atoms with van der Waals surface area (Å²) in [6.45, 7) is 2.82. The molecule has 2 aliphatic rings. The molecule has 2 aliphatic heterocycles. The van der Waals surface area contributed by atoms with E-state index in [1.54, 1.807) is 0 Å². The second-order valence-corrected chi connectivity index (χ2v) is 7.12. The molecule has 2 atom stereocenters. The van der Waals surface area contributed by atoms with Crippen molar-refractivity contribution in [3.63, 3.8) is 0 Å². The van der Waals surface area contributed by atoms with E-state index in [1.165, 1.54) is 8.61 Å². The molecule has 0 radical (unpaired) electrons. The van der Waals surface area contributed by atoms with Crippen LogP contribution in [-0.2, 0) is 15.0 Å². The van der Waals surface area contributed by atoms with Crippen LogP contribution in [0.3, 0.4) is 0 Å². The summed E-state index contributed by atoms with van der Waals surface area (Å²) in [4.78, 5) is 11.3. The number of carboxylic acids is 1. The summed E-state index contributed by atoms with van der Waals surface area (Å²) in [6.07, 6.45) is 4.46. The van der Waals surface area contributed by atoms with Crippen LogP contribution >= 0.6 is 0 Å². The Bertz CT molecular complexity index is 437. The maximum absolute atomic E-state index is 12.7. The molecule has 0 spiro atoms. The molecule has 2 rings (SSSR count). The van der Waals surface area contributed by atoms with Crippen LogP contribution in [0.2, 0.25) is 0 Å². The summed E-state index contributed by atoms with van der Waals surface area (Å²) in [5, 5.41) is 9.21. The summed E-state index contributed by atoms with van der Waals surface area (Å²) in [6, 6.07) is -0.863. The van der Waals surface area contributed by atoms with Crippen LogP contribution in [-0.4, -0.2) is 53.3 Å². The number of rotatable bonds is 4. The van der Waals surface area contributed by atoms with E-state index in [0.717, 1.165) is 32.1 Å². The van der Waals surface area contributed by atoms with E-state index in [0.29, 0.717) is 19.5 Å². The summed E-state index contributed by atoms with van der Waals surface area (Å²) >= 11 is 0. The molecule has 19 heavy (non-hydrogen) atoms. The van der Waals surface area contributed by atoms with Gasteiger partial charge in [-0.25, -0.2) is 0 Å². The average Bonchev–Trinajstić information content (AvgIpc) is 2.87. The Kier molecular flexibility index (Phi) is 4.47. The molecule has 0 amide bonds. The van der Waals surface area contributed by atoms with E-state index in [2.05, 4.69) is 0 Å². The van der Waals surface area contributed by atoms with Crippen molar-refractivity contribution >= 4 is 16.2 Å². The summed E-state index contributed by atoms with van der Waals surface area (Å²) in [7, 11) is -3.63. The molecule has 1 N–H and O–H groups in total. The minimum atomic E-state index is -3.63. The number of carbonyl (C=O) groups is 1. The van der Waals surface area contributed by atoms with Gasteiger partial charge in [-0.15, -0.1) is 0 Å². The Balaban J connectivity index is 2.24. The topological polar surface area (TPSA) is 77.9 Å². The molecule has 0 aromatic heterocycles. The highest BCUT2D eigenvalue weighted by Crippen LogP contribution is 2.29. The Labute approximate surface area is 114 Å². The van der Waals surface area contributed by atoms with E-state index in [4.69, 9.17) is 0 Å². The van der Waals surface area contributed by atoms with Crippen molar-refractivity contribution < 1.29 is 18.3 Å². The van der Waals surface area contributed by atoms with Crippen LogP contribution in [0.5, 0.6) is 0 Å². The summed E-state index contributed by atoms with van der Waals surface area (Å²) in [5.41, 5.74) is 0. The SMILES string of the molecule is CCC1CCCN1S(=O)(=O)N1CCCCC1C(=O)O. The van der Waals surface area contributed by atoms with Gasteiger partial charge in [0.1, 0.15) is 6.04 Å². The molecule has 0 aromatic carbocycles. The summed E-state index contributed by atoms with van der Waals surface area (Å²) < 4.78 is 28.0. The van der Waals surface area contributed by atoms with Crippen LogP contribution in [0.25, 0.3) is 0 Å². The molecule has 2 unspecified atom stereocenters. The van der Waals surface area contributed by atoms with Crippen molar-refractivity contribution in [2.75, 3.05) is 13.1 Å². The zero-order chi connectivity index (χ0) is 14.0. The maximum Gasteiger partial charge on any atom is 0.322 e. The number of hydrogen-bond donors (Lipinski definition) is 1. The second-order valence-electron chi connectivity index (χ2n) is 5.28. The third kappa shape index (κ3) is 2.78. The van der Waals surface area contributed by atoms with E-state index < -0.39 is 22.2 Å². The minimum Gasteiger partial charge on any atom is -0.480 e. The van der Waals surface area contributed by atoms with E-state index >= 15 is 0 Å². The highest BCUT2D eigenvalue weighted by Gasteiger charge is 2.43. The third-order valence-electron chi connectivity index (χ3n) is 4.13. The van der Waals surface area contributed by atoms with Gasteiger partial charge in [-0.2, -0.15) is 17.0 Å². The zero-order valence-corrected chi connectivity index (χ0v) is 12.1. The fraction of sp³-hybridized carbons (Fsp3) is 0.917. The van der Waals surface area contributed by atoms with Gasteiger partial charge in [0.15, 0.2) is 0 Å². The molecule has 0 aromatic rings. The molecular formula is C12H22N2O4S. The lowest BCUT2D eigenvalue weighted by molar-refractivity contribution is -0.142. The number of nitrogens with zero attached hydrogens (tertiary/aromatic N) is 2. The van der Waals surface area contributed by atoms with Crippen molar-refractivity contribution in [1.82, 2.24) is 8.61 Å². The van der Waals surface area contributed by atoms with Gasteiger partial charge >= 0.3 is 5.97 Å². The van der Waals surface area contributed by atoms with Gasteiger partial charge in [-0.1, -0.05) is 6.92 Å². The highest BCUT2D eigenvalue weighted by molar-refractivity contribution is 7.86. The third-order valence-corrected chi connectivity index (χ3v) is 6.23.